The molecule has 92 valence electrons. The first kappa shape index (κ1) is 12.9. The van der Waals surface area contributed by atoms with Gasteiger partial charge in [-0.25, -0.2) is 0 Å². The van der Waals surface area contributed by atoms with Gasteiger partial charge >= 0.3 is 11.8 Å². The van der Waals surface area contributed by atoms with Gasteiger partial charge in [0.15, 0.2) is 0 Å². The molecular weight excluding hydrogens is 210 g/mol. The van der Waals surface area contributed by atoms with E-state index >= 15 is 0 Å². The van der Waals surface area contributed by atoms with Crippen LogP contribution in [-0.2, 0) is 14.3 Å². The van der Waals surface area contributed by atoms with Crippen molar-refractivity contribution in [3.05, 3.63) is 0 Å². The van der Waals surface area contributed by atoms with E-state index in [1.54, 1.807) is 7.05 Å². The summed E-state index contributed by atoms with van der Waals surface area (Å²) in [6.07, 6.45) is 0.754. The van der Waals surface area contributed by atoms with Gasteiger partial charge in [-0.15, -0.1) is 0 Å². The van der Waals surface area contributed by atoms with Gasteiger partial charge in [0, 0.05) is 26.7 Å². The number of nitrogens with two attached hydrogens (primary N) is 1. The normalized spacial score (nSPS) is 24.2. The molecule has 1 aliphatic heterocycles. The summed E-state index contributed by atoms with van der Waals surface area (Å²) in [5, 5.41) is 2.46. The van der Waals surface area contributed by atoms with E-state index in [4.69, 9.17) is 10.5 Å². The van der Waals surface area contributed by atoms with Crippen LogP contribution in [0.3, 0.4) is 0 Å². The Bertz CT molecular complexity index is 270. The Morgan fingerprint density at radius 1 is 1.56 bits per heavy atom. The summed E-state index contributed by atoms with van der Waals surface area (Å²) in [5.74, 6) is -1.14. The van der Waals surface area contributed by atoms with Crippen LogP contribution < -0.4 is 11.1 Å². The zero-order chi connectivity index (χ0) is 12.1. The zero-order valence-corrected chi connectivity index (χ0v) is 9.73. The fourth-order valence-corrected chi connectivity index (χ4v) is 1.80. The van der Waals surface area contributed by atoms with E-state index in [0.29, 0.717) is 19.7 Å². The van der Waals surface area contributed by atoms with Crippen LogP contribution in [0, 0.1) is 0 Å². The molecule has 0 aromatic rings. The fourth-order valence-electron chi connectivity index (χ4n) is 1.80. The molecule has 0 spiro atoms. The number of hydrogen-bond acceptors (Lipinski definition) is 4. The highest BCUT2D eigenvalue weighted by atomic mass is 16.5. The minimum absolute atomic E-state index is 0.0174. The number of ether oxygens (including phenoxy) is 1. The molecule has 3 N–H and O–H groups in total. The minimum Gasteiger partial charge on any atom is -0.376 e. The van der Waals surface area contributed by atoms with Crippen molar-refractivity contribution in [1.82, 2.24) is 10.2 Å². The van der Waals surface area contributed by atoms with Gasteiger partial charge in [0.1, 0.15) is 0 Å². The van der Waals surface area contributed by atoms with Crippen LogP contribution in [-0.4, -0.2) is 55.6 Å². The van der Waals surface area contributed by atoms with Gasteiger partial charge in [-0.05, 0) is 13.3 Å². The molecule has 2 unspecified atom stereocenters. The van der Waals surface area contributed by atoms with Gasteiger partial charge < -0.3 is 20.7 Å². The quantitative estimate of drug-likeness (QED) is 0.589. The predicted octanol–water partition coefficient (Wildman–Crippen LogP) is -1.30. The van der Waals surface area contributed by atoms with E-state index in [2.05, 4.69) is 5.32 Å². The van der Waals surface area contributed by atoms with Crippen LogP contribution in [0.4, 0.5) is 0 Å². The molecule has 1 rings (SSSR count). The number of nitrogens with zero attached hydrogens (tertiary/aromatic N) is 1. The SMILES string of the molecule is CC1OCCC1N(C)C(=O)C(=O)NCCN. The summed E-state index contributed by atoms with van der Waals surface area (Å²) in [7, 11) is 1.63. The summed E-state index contributed by atoms with van der Waals surface area (Å²) in [4.78, 5) is 24.6. The molecular formula is C10H19N3O3. The van der Waals surface area contributed by atoms with Crippen molar-refractivity contribution in [2.45, 2.75) is 25.5 Å². The third-order valence-electron chi connectivity index (χ3n) is 2.78. The summed E-state index contributed by atoms with van der Waals surface area (Å²) >= 11 is 0. The first-order chi connectivity index (χ1) is 7.57. The van der Waals surface area contributed by atoms with Gasteiger partial charge in [-0.2, -0.15) is 0 Å². The number of nitrogens with one attached hydrogen (secondary N) is 1. The van der Waals surface area contributed by atoms with E-state index in [1.807, 2.05) is 6.92 Å². The van der Waals surface area contributed by atoms with Crippen LogP contribution in [0.1, 0.15) is 13.3 Å². The highest BCUT2D eigenvalue weighted by Crippen LogP contribution is 2.18. The van der Waals surface area contributed by atoms with Crippen LogP contribution >= 0.6 is 0 Å². The minimum atomic E-state index is -0.605. The van der Waals surface area contributed by atoms with Crippen molar-refractivity contribution in [3.63, 3.8) is 0 Å². The smallest absolute Gasteiger partial charge is 0.311 e. The Labute approximate surface area is 95.1 Å². The molecule has 0 aromatic heterocycles. The van der Waals surface area contributed by atoms with Crippen molar-refractivity contribution in [2.24, 2.45) is 5.73 Å². The Balaban J connectivity index is 2.49. The highest BCUT2D eigenvalue weighted by Gasteiger charge is 2.32. The van der Waals surface area contributed by atoms with E-state index < -0.39 is 11.8 Å². The van der Waals surface area contributed by atoms with Crippen LogP contribution in [0.2, 0.25) is 0 Å². The van der Waals surface area contributed by atoms with Gasteiger partial charge in [0.05, 0.1) is 12.1 Å². The molecule has 1 fully saturated rings. The summed E-state index contributed by atoms with van der Waals surface area (Å²) in [6.45, 7) is 3.17. The van der Waals surface area contributed by atoms with Gasteiger partial charge in [-0.1, -0.05) is 0 Å². The summed E-state index contributed by atoms with van der Waals surface area (Å²) in [5.41, 5.74) is 5.24. The number of rotatable bonds is 3. The van der Waals surface area contributed by atoms with Crippen molar-refractivity contribution >= 4 is 11.8 Å². The van der Waals surface area contributed by atoms with E-state index in [1.165, 1.54) is 4.90 Å². The van der Waals surface area contributed by atoms with Crippen molar-refractivity contribution in [2.75, 3.05) is 26.7 Å². The van der Waals surface area contributed by atoms with Crippen LogP contribution in [0.15, 0.2) is 0 Å². The summed E-state index contributed by atoms with van der Waals surface area (Å²) in [6, 6.07) is -0.0175. The summed E-state index contributed by atoms with van der Waals surface area (Å²) < 4.78 is 5.35. The van der Waals surface area contributed by atoms with Crippen LogP contribution in [0.5, 0.6) is 0 Å². The molecule has 0 bridgehead atoms. The maximum Gasteiger partial charge on any atom is 0.311 e. The van der Waals surface area contributed by atoms with Crippen molar-refractivity contribution < 1.29 is 14.3 Å². The molecule has 2 amide bonds. The monoisotopic (exact) mass is 229 g/mol. The molecule has 1 heterocycles. The largest absolute Gasteiger partial charge is 0.376 e. The van der Waals surface area contributed by atoms with Crippen LogP contribution in [0.25, 0.3) is 0 Å². The van der Waals surface area contributed by atoms with Crippen molar-refractivity contribution in [1.29, 1.82) is 0 Å². The molecule has 0 radical (unpaired) electrons. The number of carbonyl (C=O) groups excluding carboxylic acids is 2. The first-order valence-corrected chi connectivity index (χ1v) is 5.44. The molecule has 16 heavy (non-hydrogen) atoms. The standard InChI is InChI=1S/C10H19N3O3/c1-7-8(3-6-16-7)13(2)10(15)9(14)12-5-4-11/h7-8H,3-6,11H2,1-2H3,(H,12,14). The molecule has 6 nitrogen and oxygen atoms in total. The topological polar surface area (TPSA) is 84.7 Å². The molecule has 0 saturated carbocycles. The Morgan fingerprint density at radius 3 is 2.75 bits per heavy atom. The zero-order valence-electron chi connectivity index (χ0n) is 9.73. The predicted molar refractivity (Wildman–Crippen MR) is 58.7 cm³/mol. The van der Waals surface area contributed by atoms with Crippen molar-refractivity contribution in [3.8, 4) is 0 Å². The molecule has 1 aliphatic rings. The van der Waals surface area contributed by atoms with Gasteiger partial charge in [0.2, 0.25) is 0 Å². The fraction of sp³-hybridized carbons (Fsp3) is 0.800. The number of amides is 2. The number of likely N-dealkylation sites (N-methyl/N-ethyl adjacent to an activating group) is 1. The second kappa shape index (κ2) is 5.81. The average molecular weight is 229 g/mol. The van der Waals surface area contributed by atoms with E-state index in [-0.39, 0.29) is 12.1 Å². The Hall–Kier alpha value is -1.14. The number of carbonyl (C=O) groups is 2. The molecule has 6 heteroatoms. The van der Waals surface area contributed by atoms with Gasteiger partial charge in [0.25, 0.3) is 0 Å². The Kier molecular flexibility index (Phi) is 4.70. The van der Waals surface area contributed by atoms with Gasteiger partial charge in [-0.3, -0.25) is 9.59 Å². The maximum atomic E-state index is 11.7. The lowest BCUT2D eigenvalue weighted by molar-refractivity contribution is -0.146. The lowest BCUT2D eigenvalue weighted by atomic mass is 10.1. The molecule has 0 aromatic carbocycles. The molecule has 2 atom stereocenters. The van der Waals surface area contributed by atoms with E-state index in [0.717, 1.165) is 6.42 Å². The molecule has 1 saturated heterocycles. The lowest BCUT2D eigenvalue weighted by Gasteiger charge is -2.25. The second-order valence-electron chi connectivity index (χ2n) is 3.89. The lowest BCUT2D eigenvalue weighted by Crippen LogP contribution is -2.48. The third kappa shape index (κ3) is 2.93. The third-order valence-corrected chi connectivity index (χ3v) is 2.78. The van der Waals surface area contributed by atoms with E-state index in [9.17, 15) is 9.59 Å². The first-order valence-electron chi connectivity index (χ1n) is 5.44. The highest BCUT2D eigenvalue weighted by molar-refractivity contribution is 6.35. The molecule has 0 aliphatic carbocycles. The Morgan fingerprint density at radius 2 is 2.25 bits per heavy atom. The number of hydrogen-bond donors (Lipinski definition) is 2. The second-order valence-corrected chi connectivity index (χ2v) is 3.89. The maximum absolute atomic E-state index is 11.7. The average Bonchev–Trinajstić information content (AvgIpc) is 2.70.